The second-order valence-corrected chi connectivity index (χ2v) is 10.1. The van der Waals surface area contributed by atoms with E-state index in [1.807, 2.05) is 45.0 Å². The Kier molecular flexibility index (Phi) is 7.15. The molecule has 1 aliphatic heterocycles. The van der Waals surface area contributed by atoms with Crippen molar-refractivity contribution in [3.63, 3.8) is 0 Å². The van der Waals surface area contributed by atoms with E-state index in [4.69, 9.17) is 4.74 Å². The standard InChI is InChI=1S/C28H34N2O5/c1-4-24-22(25(31)32)13-16-30(24)26(33)28(2,3)14-15-29-27(34)35-17-23-20-11-7-5-9-18(20)19-10-6-8-12-21(19)23/h5-12,22-24H,4,13-17H2,1-3H3,(H,29,34)(H,31,32). The van der Waals surface area contributed by atoms with Crippen LogP contribution in [0.5, 0.6) is 0 Å². The average molecular weight is 479 g/mol. The molecule has 2 aliphatic rings. The molecule has 0 radical (unpaired) electrons. The van der Waals surface area contributed by atoms with Gasteiger partial charge < -0.3 is 20.1 Å². The molecule has 0 saturated carbocycles. The molecule has 0 spiro atoms. The van der Waals surface area contributed by atoms with Crippen molar-refractivity contribution in [3.05, 3.63) is 59.7 Å². The molecule has 35 heavy (non-hydrogen) atoms. The second-order valence-electron chi connectivity index (χ2n) is 10.1. The molecule has 1 saturated heterocycles. The van der Waals surface area contributed by atoms with Crippen LogP contribution in [0.3, 0.4) is 0 Å². The molecule has 2 amide bonds. The molecule has 1 heterocycles. The zero-order valence-corrected chi connectivity index (χ0v) is 20.6. The largest absolute Gasteiger partial charge is 0.481 e. The summed E-state index contributed by atoms with van der Waals surface area (Å²) in [5, 5.41) is 12.2. The van der Waals surface area contributed by atoms with Crippen molar-refractivity contribution in [1.82, 2.24) is 10.2 Å². The van der Waals surface area contributed by atoms with Gasteiger partial charge in [0.1, 0.15) is 6.61 Å². The average Bonchev–Trinajstić information content (AvgIpc) is 3.41. The van der Waals surface area contributed by atoms with Crippen molar-refractivity contribution >= 4 is 18.0 Å². The lowest BCUT2D eigenvalue weighted by Gasteiger charge is -2.33. The Balaban J connectivity index is 1.30. The monoisotopic (exact) mass is 478 g/mol. The fourth-order valence-electron chi connectivity index (χ4n) is 5.52. The summed E-state index contributed by atoms with van der Waals surface area (Å²) >= 11 is 0. The predicted molar refractivity (Wildman–Crippen MR) is 133 cm³/mol. The summed E-state index contributed by atoms with van der Waals surface area (Å²) in [7, 11) is 0. The van der Waals surface area contributed by atoms with Crippen LogP contribution in [0.15, 0.2) is 48.5 Å². The van der Waals surface area contributed by atoms with Gasteiger partial charge in [0.25, 0.3) is 0 Å². The van der Waals surface area contributed by atoms with E-state index in [1.54, 1.807) is 4.90 Å². The van der Waals surface area contributed by atoms with Crippen LogP contribution in [0.4, 0.5) is 4.79 Å². The number of aliphatic carboxylic acids is 1. The molecule has 2 atom stereocenters. The van der Waals surface area contributed by atoms with Crippen molar-refractivity contribution in [3.8, 4) is 11.1 Å². The highest BCUT2D eigenvalue weighted by Gasteiger charge is 2.43. The number of carboxylic acid groups (broad SMARTS) is 1. The Labute approximate surface area is 206 Å². The van der Waals surface area contributed by atoms with Crippen molar-refractivity contribution in [2.75, 3.05) is 19.7 Å². The maximum Gasteiger partial charge on any atom is 0.407 e. The van der Waals surface area contributed by atoms with E-state index in [2.05, 4.69) is 29.6 Å². The fraction of sp³-hybridized carbons (Fsp3) is 0.464. The molecule has 1 fully saturated rings. The van der Waals surface area contributed by atoms with E-state index in [0.717, 1.165) is 11.1 Å². The maximum absolute atomic E-state index is 13.2. The van der Waals surface area contributed by atoms with Gasteiger partial charge >= 0.3 is 12.1 Å². The van der Waals surface area contributed by atoms with E-state index >= 15 is 0 Å². The Bertz CT molecular complexity index is 1070. The normalized spacial score (nSPS) is 19.2. The first-order valence-electron chi connectivity index (χ1n) is 12.4. The molecule has 7 nitrogen and oxygen atoms in total. The minimum Gasteiger partial charge on any atom is -0.481 e. The molecular formula is C28H34N2O5. The third kappa shape index (κ3) is 4.90. The second kappa shape index (κ2) is 10.1. The molecule has 2 aromatic rings. The Morgan fingerprint density at radius 3 is 2.23 bits per heavy atom. The molecule has 1 aliphatic carbocycles. The number of carbonyl (C=O) groups is 3. The lowest BCUT2D eigenvalue weighted by Crippen LogP contribution is -2.46. The van der Waals surface area contributed by atoms with E-state index in [0.29, 0.717) is 32.4 Å². The van der Waals surface area contributed by atoms with Gasteiger partial charge in [-0.2, -0.15) is 0 Å². The fourth-order valence-corrected chi connectivity index (χ4v) is 5.52. The van der Waals surface area contributed by atoms with Crippen LogP contribution >= 0.6 is 0 Å². The highest BCUT2D eigenvalue weighted by Crippen LogP contribution is 2.44. The number of nitrogens with zero attached hydrogens (tertiary/aromatic N) is 1. The Morgan fingerprint density at radius 2 is 1.66 bits per heavy atom. The van der Waals surface area contributed by atoms with E-state index in [9.17, 15) is 19.5 Å². The first-order chi connectivity index (χ1) is 16.7. The van der Waals surface area contributed by atoms with Crippen LogP contribution in [0.25, 0.3) is 11.1 Å². The lowest BCUT2D eigenvalue weighted by molar-refractivity contribution is -0.146. The van der Waals surface area contributed by atoms with Gasteiger partial charge in [0.15, 0.2) is 0 Å². The number of carbonyl (C=O) groups excluding carboxylic acids is 2. The van der Waals surface area contributed by atoms with Crippen LogP contribution in [-0.2, 0) is 14.3 Å². The number of amides is 2. The van der Waals surface area contributed by atoms with Crippen molar-refractivity contribution in [2.24, 2.45) is 11.3 Å². The smallest absolute Gasteiger partial charge is 0.407 e. The van der Waals surface area contributed by atoms with Crippen LogP contribution in [0.2, 0.25) is 0 Å². The third-order valence-electron chi connectivity index (χ3n) is 7.48. The molecule has 7 heteroatoms. The predicted octanol–water partition coefficient (Wildman–Crippen LogP) is 4.65. The van der Waals surface area contributed by atoms with Crippen LogP contribution in [0.1, 0.15) is 57.1 Å². The number of likely N-dealkylation sites (tertiary alicyclic amines) is 1. The van der Waals surface area contributed by atoms with Crippen molar-refractivity contribution in [2.45, 2.75) is 52.0 Å². The lowest BCUT2D eigenvalue weighted by atomic mass is 9.86. The number of fused-ring (bicyclic) bond motifs is 3. The van der Waals surface area contributed by atoms with Gasteiger partial charge in [-0.3, -0.25) is 9.59 Å². The molecule has 4 rings (SSSR count). The van der Waals surface area contributed by atoms with Gasteiger partial charge in [-0.25, -0.2) is 4.79 Å². The topological polar surface area (TPSA) is 95.9 Å². The number of benzene rings is 2. The number of ether oxygens (including phenoxy) is 1. The zero-order chi connectivity index (χ0) is 25.2. The van der Waals surface area contributed by atoms with Gasteiger partial charge in [-0.1, -0.05) is 69.3 Å². The first kappa shape index (κ1) is 24.8. The van der Waals surface area contributed by atoms with Crippen molar-refractivity contribution < 1.29 is 24.2 Å². The summed E-state index contributed by atoms with van der Waals surface area (Å²) in [6.07, 6.45) is 1.01. The number of carboxylic acids is 1. The molecule has 2 N–H and O–H groups in total. The number of alkyl carbamates (subject to hydrolysis) is 1. The highest BCUT2D eigenvalue weighted by molar-refractivity contribution is 5.84. The molecule has 2 aromatic carbocycles. The minimum absolute atomic E-state index is 0.00510. The molecule has 186 valence electrons. The summed E-state index contributed by atoms with van der Waals surface area (Å²) in [6.45, 7) is 6.59. The molecule has 0 aromatic heterocycles. The summed E-state index contributed by atoms with van der Waals surface area (Å²) in [5.74, 6) is -1.43. The van der Waals surface area contributed by atoms with Crippen molar-refractivity contribution in [1.29, 1.82) is 0 Å². The van der Waals surface area contributed by atoms with E-state index in [-0.39, 0.29) is 24.5 Å². The third-order valence-corrected chi connectivity index (χ3v) is 7.48. The minimum atomic E-state index is -0.845. The Morgan fingerprint density at radius 1 is 1.06 bits per heavy atom. The van der Waals surface area contributed by atoms with E-state index in [1.165, 1.54) is 11.1 Å². The summed E-state index contributed by atoms with van der Waals surface area (Å²) in [5.41, 5.74) is 3.94. The molecular weight excluding hydrogens is 444 g/mol. The molecule has 0 bridgehead atoms. The maximum atomic E-state index is 13.2. The van der Waals surface area contributed by atoms with Gasteiger partial charge in [-0.05, 0) is 41.5 Å². The number of hydrogen-bond donors (Lipinski definition) is 2. The summed E-state index contributed by atoms with van der Waals surface area (Å²) < 4.78 is 5.58. The SMILES string of the molecule is CCC1C(C(=O)O)CCN1C(=O)C(C)(C)CCNC(=O)OCC1c2ccccc2-c2ccccc21. The van der Waals surface area contributed by atoms with Gasteiger partial charge in [0.05, 0.1) is 5.92 Å². The van der Waals surface area contributed by atoms with Crippen LogP contribution in [0, 0.1) is 11.3 Å². The summed E-state index contributed by atoms with van der Waals surface area (Å²) in [6, 6.07) is 16.1. The first-order valence-corrected chi connectivity index (χ1v) is 12.4. The molecule has 2 unspecified atom stereocenters. The van der Waals surface area contributed by atoms with Gasteiger partial charge in [-0.15, -0.1) is 0 Å². The quantitative estimate of drug-likeness (QED) is 0.576. The van der Waals surface area contributed by atoms with Crippen LogP contribution in [-0.4, -0.2) is 53.7 Å². The number of hydrogen-bond acceptors (Lipinski definition) is 4. The van der Waals surface area contributed by atoms with Gasteiger partial charge in [0.2, 0.25) is 5.91 Å². The Hall–Kier alpha value is -3.35. The summed E-state index contributed by atoms with van der Waals surface area (Å²) in [4.78, 5) is 38.9. The highest BCUT2D eigenvalue weighted by atomic mass is 16.5. The van der Waals surface area contributed by atoms with Gasteiger partial charge in [0, 0.05) is 30.5 Å². The van der Waals surface area contributed by atoms with Crippen LogP contribution < -0.4 is 5.32 Å². The zero-order valence-electron chi connectivity index (χ0n) is 20.6. The van der Waals surface area contributed by atoms with E-state index < -0.39 is 23.4 Å². The number of rotatable bonds is 8. The number of nitrogens with one attached hydrogen (secondary N) is 1.